The maximum absolute atomic E-state index is 11.7. The highest BCUT2D eigenvalue weighted by molar-refractivity contribution is 5.85. The summed E-state index contributed by atoms with van der Waals surface area (Å²) < 4.78 is 0. The molecule has 80 valence electrons. The van der Waals surface area contributed by atoms with Crippen LogP contribution in [0, 0.1) is 0 Å². The van der Waals surface area contributed by atoms with Crippen LogP contribution in [0.15, 0.2) is 12.2 Å². The SMILES string of the molecule is CCCC(C)(N)C(=O)NC1CC=CC1. The monoisotopic (exact) mass is 196 g/mol. The Morgan fingerprint density at radius 3 is 2.64 bits per heavy atom. The number of nitrogens with two attached hydrogens (primary N) is 1. The van der Waals surface area contributed by atoms with Crippen molar-refractivity contribution in [1.29, 1.82) is 0 Å². The van der Waals surface area contributed by atoms with Crippen LogP contribution in [0.3, 0.4) is 0 Å². The molecule has 0 aliphatic heterocycles. The van der Waals surface area contributed by atoms with Crippen LogP contribution in [0.25, 0.3) is 0 Å². The van der Waals surface area contributed by atoms with E-state index in [9.17, 15) is 4.79 Å². The molecule has 0 aromatic carbocycles. The highest BCUT2D eigenvalue weighted by Gasteiger charge is 2.28. The van der Waals surface area contributed by atoms with Crippen LogP contribution in [0.2, 0.25) is 0 Å². The molecule has 0 heterocycles. The van der Waals surface area contributed by atoms with Gasteiger partial charge in [-0.05, 0) is 26.2 Å². The Balaban J connectivity index is 2.40. The first-order chi connectivity index (χ1) is 6.56. The molecule has 3 heteroatoms. The third-order valence-corrected chi connectivity index (χ3v) is 2.63. The van der Waals surface area contributed by atoms with Crippen molar-refractivity contribution in [3.05, 3.63) is 12.2 Å². The van der Waals surface area contributed by atoms with Crippen LogP contribution >= 0.6 is 0 Å². The molecule has 1 atom stereocenters. The Bertz CT molecular complexity index is 225. The molecule has 3 N–H and O–H groups in total. The fourth-order valence-corrected chi connectivity index (χ4v) is 1.72. The van der Waals surface area contributed by atoms with Gasteiger partial charge in [-0.15, -0.1) is 0 Å². The van der Waals surface area contributed by atoms with E-state index in [0.29, 0.717) is 0 Å². The molecule has 0 aromatic heterocycles. The zero-order valence-electron chi connectivity index (χ0n) is 9.05. The molecule has 14 heavy (non-hydrogen) atoms. The summed E-state index contributed by atoms with van der Waals surface area (Å²) in [5.74, 6) is -0.0203. The first-order valence-corrected chi connectivity index (χ1v) is 5.31. The van der Waals surface area contributed by atoms with Crippen molar-refractivity contribution in [2.24, 2.45) is 5.73 Å². The average Bonchev–Trinajstić information content (AvgIpc) is 2.56. The minimum absolute atomic E-state index is 0.0203. The number of carbonyl (C=O) groups excluding carboxylic acids is 1. The van der Waals surface area contributed by atoms with Gasteiger partial charge >= 0.3 is 0 Å². The van der Waals surface area contributed by atoms with E-state index in [0.717, 1.165) is 25.7 Å². The highest BCUT2D eigenvalue weighted by Crippen LogP contribution is 2.13. The number of hydrogen-bond donors (Lipinski definition) is 2. The molecule has 1 unspecified atom stereocenters. The summed E-state index contributed by atoms with van der Waals surface area (Å²) in [7, 11) is 0. The molecular formula is C11H20N2O. The van der Waals surface area contributed by atoms with Crippen molar-refractivity contribution in [3.8, 4) is 0 Å². The molecule has 0 bridgehead atoms. The van der Waals surface area contributed by atoms with Crippen LogP contribution in [0.1, 0.15) is 39.5 Å². The Morgan fingerprint density at radius 1 is 1.57 bits per heavy atom. The molecule has 1 aliphatic carbocycles. The van der Waals surface area contributed by atoms with Crippen molar-refractivity contribution in [2.45, 2.75) is 51.1 Å². The fourth-order valence-electron chi connectivity index (χ4n) is 1.72. The number of hydrogen-bond acceptors (Lipinski definition) is 2. The molecule has 0 aromatic rings. The minimum Gasteiger partial charge on any atom is -0.351 e. The van der Waals surface area contributed by atoms with E-state index >= 15 is 0 Å². The number of nitrogens with one attached hydrogen (secondary N) is 1. The van der Waals surface area contributed by atoms with Crippen LogP contribution in [0.4, 0.5) is 0 Å². The van der Waals surface area contributed by atoms with Gasteiger partial charge < -0.3 is 11.1 Å². The molecule has 3 nitrogen and oxygen atoms in total. The lowest BCUT2D eigenvalue weighted by atomic mass is 9.96. The van der Waals surface area contributed by atoms with Gasteiger partial charge in [0.25, 0.3) is 0 Å². The van der Waals surface area contributed by atoms with Gasteiger partial charge in [0.15, 0.2) is 0 Å². The normalized spacial score (nSPS) is 20.8. The molecule has 1 aliphatic rings. The fraction of sp³-hybridized carbons (Fsp3) is 0.727. The summed E-state index contributed by atoms with van der Waals surface area (Å²) in [6, 6.07) is 0.266. The van der Waals surface area contributed by atoms with Crippen LogP contribution in [-0.2, 0) is 4.79 Å². The molecule has 0 saturated carbocycles. The average molecular weight is 196 g/mol. The van der Waals surface area contributed by atoms with E-state index in [4.69, 9.17) is 5.73 Å². The first kappa shape index (κ1) is 11.2. The Kier molecular flexibility index (Phi) is 3.69. The zero-order valence-corrected chi connectivity index (χ0v) is 9.05. The summed E-state index contributed by atoms with van der Waals surface area (Å²) >= 11 is 0. The molecule has 0 radical (unpaired) electrons. The maximum atomic E-state index is 11.7. The van der Waals surface area contributed by atoms with Gasteiger partial charge in [0.2, 0.25) is 5.91 Å². The van der Waals surface area contributed by atoms with E-state index in [-0.39, 0.29) is 11.9 Å². The summed E-state index contributed by atoms with van der Waals surface area (Å²) in [5, 5.41) is 2.98. The second kappa shape index (κ2) is 4.60. The lowest BCUT2D eigenvalue weighted by molar-refractivity contribution is -0.126. The van der Waals surface area contributed by atoms with Gasteiger partial charge in [-0.3, -0.25) is 4.79 Å². The van der Waals surface area contributed by atoms with Crippen molar-refractivity contribution in [1.82, 2.24) is 5.32 Å². The van der Waals surface area contributed by atoms with E-state index in [2.05, 4.69) is 17.5 Å². The van der Waals surface area contributed by atoms with Gasteiger partial charge in [-0.25, -0.2) is 0 Å². The summed E-state index contributed by atoms with van der Waals surface area (Å²) in [5.41, 5.74) is 5.21. The van der Waals surface area contributed by atoms with E-state index in [1.54, 1.807) is 6.92 Å². The van der Waals surface area contributed by atoms with Gasteiger partial charge in [0, 0.05) is 6.04 Å². The lowest BCUT2D eigenvalue weighted by Crippen LogP contribution is -2.53. The third kappa shape index (κ3) is 2.84. The van der Waals surface area contributed by atoms with Crippen molar-refractivity contribution in [2.75, 3.05) is 0 Å². The second-order valence-electron chi connectivity index (χ2n) is 4.28. The Labute approximate surface area is 85.7 Å². The van der Waals surface area contributed by atoms with Gasteiger partial charge in [0.1, 0.15) is 0 Å². The van der Waals surface area contributed by atoms with E-state index in [1.807, 2.05) is 6.92 Å². The predicted molar refractivity (Wildman–Crippen MR) is 57.8 cm³/mol. The van der Waals surface area contributed by atoms with Gasteiger partial charge in [-0.1, -0.05) is 25.5 Å². The minimum atomic E-state index is -0.711. The molecule has 1 rings (SSSR count). The Hall–Kier alpha value is -0.830. The smallest absolute Gasteiger partial charge is 0.240 e. The molecule has 0 spiro atoms. The van der Waals surface area contributed by atoms with E-state index in [1.165, 1.54) is 0 Å². The zero-order chi connectivity index (χ0) is 10.6. The first-order valence-electron chi connectivity index (χ1n) is 5.31. The third-order valence-electron chi connectivity index (χ3n) is 2.63. The predicted octanol–water partition coefficient (Wildman–Crippen LogP) is 1.34. The number of amides is 1. The van der Waals surface area contributed by atoms with Crippen LogP contribution in [-0.4, -0.2) is 17.5 Å². The van der Waals surface area contributed by atoms with Gasteiger partial charge in [0.05, 0.1) is 5.54 Å². The standard InChI is InChI=1S/C11H20N2O/c1-3-8-11(2,12)10(14)13-9-6-4-5-7-9/h4-5,9H,3,6-8,12H2,1-2H3,(H,13,14). The molecular weight excluding hydrogens is 176 g/mol. The van der Waals surface area contributed by atoms with Crippen molar-refractivity contribution >= 4 is 5.91 Å². The summed E-state index contributed by atoms with van der Waals surface area (Å²) in [6.07, 6.45) is 7.74. The highest BCUT2D eigenvalue weighted by atomic mass is 16.2. The maximum Gasteiger partial charge on any atom is 0.240 e. The number of rotatable bonds is 4. The van der Waals surface area contributed by atoms with Gasteiger partial charge in [-0.2, -0.15) is 0 Å². The second-order valence-corrected chi connectivity index (χ2v) is 4.28. The van der Waals surface area contributed by atoms with Crippen molar-refractivity contribution in [3.63, 3.8) is 0 Å². The largest absolute Gasteiger partial charge is 0.351 e. The van der Waals surface area contributed by atoms with Crippen molar-refractivity contribution < 1.29 is 4.79 Å². The molecule has 0 fully saturated rings. The summed E-state index contributed by atoms with van der Waals surface area (Å²) in [4.78, 5) is 11.7. The quantitative estimate of drug-likeness (QED) is 0.667. The lowest BCUT2D eigenvalue weighted by Gasteiger charge is -2.25. The number of carbonyl (C=O) groups is 1. The van der Waals surface area contributed by atoms with E-state index < -0.39 is 5.54 Å². The molecule has 0 saturated heterocycles. The molecule has 1 amide bonds. The topological polar surface area (TPSA) is 55.1 Å². The summed E-state index contributed by atoms with van der Waals surface area (Å²) in [6.45, 7) is 3.84. The van der Waals surface area contributed by atoms with Crippen LogP contribution in [0.5, 0.6) is 0 Å². The van der Waals surface area contributed by atoms with Crippen LogP contribution < -0.4 is 11.1 Å². The Morgan fingerprint density at radius 2 is 2.14 bits per heavy atom.